The standard InChI is InChI=1S/C32H25Cl2N5O2S/c33-21-11-16-27(25(34)19-21)38-18-6-10-28(38)31-30(26-9-4-5-17-35-26)37-32(42)39(31)23-14-12-22(13-15-23)36-29(40)20-41-24-7-2-1-3-8-24/h1-19,30-31H,20H2,(H,36,40)(H,37,42)/t30-,31+/m0/s1. The van der Waals surface area contributed by atoms with Crippen LogP contribution in [0.5, 0.6) is 5.75 Å². The van der Waals surface area contributed by atoms with Gasteiger partial charge in [-0.25, -0.2) is 0 Å². The largest absolute Gasteiger partial charge is 0.484 e. The number of para-hydroxylation sites is 1. The van der Waals surface area contributed by atoms with Crippen molar-refractivity contribution >= 4 is 57.8 Å². The minimum Gasteiger partial charge on any atom is -0.484 e. The lowest BCUT2D eigenvalue weighted by molar-refractivity contribution is -0.118. The van der Waals surface area contributed by atoms with Crippen LogP contribution in [0.2, 0.25) is 10.0 Å². The molecule has 0 radical (unpaired) electrons. The van der Waals surface area contributed by atoms with Gasteiger partial charge in [-0.15, -0.1) is 0 Å². The highest BCUT2D eigenvalue weighted by Gasteiger charge is 2.42. The maximum Gasteiger partial charge on any atom is 0.262 e. The Morgan fingerprint density at radius 3 is 2.48 bits per heavy atom. The van der Waals surface area contributed by atoms with Crippen molar-refractivity contribution in [1.29, 1.82) is 0 Å². The van der Waals surface area contributed by atoms with Crippen molar-refractivity contribution in [2.24, 2.45) is 0 Å². The summed E-state index contributed by atoms with van der Waals surface area (Å²) in [6.07, 6.45) is 3.74. The lowest BCUT2D eigenvalue weighted by Crippen LogP contribution is -2.30. The lowest BCUT2D eigenvalue weighted by atomic mass is 10.0. The van der Waals surface area contributed by atoms with Gasteiger partial charge in [0.15, 0.2) is 11.7 Å². The Bertz CT molecular complexity index is 1710. The Morgan fingerprint density at radius 2 is 1.74 bits per heavy atom. The van der Waals surface area contributed by atoms with Gasteiger partial charge in [0.1, 0.15) is 11.8 Å². The first-order valence-corrected chi connectivity index (χ1v) is 14.4. The number of thiocarbonyl (C=S) groups is 1. The molecule has 210 valence electrons. The zero-order valence-electron chi connectivity index (χ0n) is 22.2. The number of rotatable bonds is 8. The second-order valence-corrected chi connectivity index (χ2v) is 10.8. The van der Waals surface area contributed by atoms with Crippen LogP contribution in [0.1, 0.15) is 23.5 Å². The molecule has 0 spiro atoms. The molecular formula is C32H25Cl2N5O2S. The van der Waals surface area contributed by atoms with Crippen LogP contribution >= 0.6 is 35.4 Å². The van der Waals surface area contributed by atoms with E-state index in [0.717, 1.165) is 22.8 Å². The fourth-order valence-electron chi connectivity index (χ4n) is 5.03. The molecule has 3 heterocycles. The molecule has 7 nitrogen and oxygen atoms in total. The van der Waals surface area contributed by atoms with Crippen molar-refractivity contribution in [2.45, 2.75) is 12.1 Å². The number of carbonyl (C=O) groups is 1. The number of hydrogen-bond donors (Lipinski definition) is 2. The molecule has 10 heteroatoms. The van der Waals surface area contributed by atoms with Crippen LogP contribution < -0.4 is 20.3 Å². The van der Waals surface area contributed by atoms with E-state index < -0.39 is 0 Å². The van der Waals surface area contributed by atoms with Crippen LogP contribution in [-0.2, 0) is 4.79 Å². The van der Waals surface area contributed by atoms with Crippen LogP contribution in [0, 0.1) is 0 Å². The van der Waals surface area contributed by atoms with Crippen LogP contribution in [0.3, 0.4) is 0 Å². The Labute approximate surface area is 258 Å². The van der Waals surface area contributed by atoms with E-state index in [-0.39, 0.29) is 24.6 Å². The summed E-state index contributed by atoms with van der Waals surface area (Å²) in [7, 11) is 0. The lowest BCUT2D eigenvalue weighted by Gasteiger charge is -2.29. The maximum atomic E-state index is 12.5. The topological polar surface area (TPSA) is 71.4 Å². The van der Waals surface area contributed by atoms with Crippen LogP contribution in [0.25, 0.3) is 5.69 Å². The molecule has 1 saturated heterocycles. The van der Waals surface area contributed by atoms with E-state index in [9.17, 15) is 4.79 Å². The van der Waals surface area contributed by atoms with Crippen molar-refractivity contribution in [2.75, 3.05) is 16.8 Å². The maximum absolute atomic E-state index is 12.5. The van der Waals surface area contributed by atoms with Gasteiger partial charge in [-0.3, -0.25) is 9.78 Å². The molecule has 0 saturated carbocycles. The molecule has 1 amide bonds. The first kappa shape index (κ1) is 27.8. The molecule has 1 aliphatic rings. The highest BCUT2D eigenvalue weighted by atomic mass is 35.5. The Morgan fingerprint density at radius 1 is 0.952 bits per heavy atom. The Hall–Kier alpha value is -4.37. The quantitative estimate of drug-likeness (QED) is 0.178. The van der Waals surface area contributed by atoms with Crippen LogP contribution in [0.4, 0.5) is 11.4 Å². The number of ether oxygens (including phenoxy) is 1. The summed E-state index contributed by atoms with van der Waals surface area (Å²) in [6, 6.07) is 31.6. The van der Waals surface area contributed by atoms with Crippen molar-refractivity contribution < 1.29 is 9.53 Å². The van der Waals surface area contributed by atoms with Gasteiger partial charge in [0, 0.05) is 34.5 Å². The van der Waals surface area contributed by atoms with E-state index >= 15 is 0 Å². The van der Waals surface area contributed by atoms with Crippen molar-refractivity contribution in [3.8, 4) is 11.4 Å². The SMILES string of the molecule is O=C(COc1ccccc1)Nc1ccc(N2C(=S)N[C@@H](c3ccccn3)[C@H]2c2cccn2-c2ccc(Cl)cc2Cl)cc1. The van der Waals surface area contributed by atoms with Gasteiger partial charge in [-0.05, 0) is 91.1 Å². The average molecular weight is 615 g/mol. The first-order valence-electron chi connectivity index (χ1n) is 13.2. The van der Waals surface area contributed by atoms with Crippen molar-refractivity contribution in [3.05, 3.63) is 137 Å². The van der Waals surface area contributed by atoms with Crippen LogP contribution in [-0.4, -0.2) is 27.2 Å². The molecule has 5 aromatic rings. The molecule has 0 aliphatic carbocycles. The van der Waals surface area contributed by atoms with Gasteiger partial charge in [0.05, 0.1) is 22.4 Å². The average Bonchev–Trinajstić information content (AvgIpc) is 3.62. The Kier molecular flexibility index (Phi) is 8.10. The summed E-state index contributed by atoms with van der Waals surface area (Å²) in [6.45, 7) is -0.0933. The monoisotopic (exact) mass is 613 g/mol. The molecule has 42 heavy (non-hydrogen) atoms. The summed E-state index contributed by atoms with van der Waals surface area (Å²) in [4.78, 5) is 19.2. The zero-order valence-corrected chi connectivity index (χ0v) is 24.5. The highest BCUT2D eigenvalue weighted by Crippen LogP contribution is 2.43. The third-order valence-electron chi connectivity index (χ3n) is 6.89. The van der Waals surface area contributed by atoms with Crippen molar-refractivity contribution in [1.82, 2.24) is 14.9 Å². The fourth-order valence-corrected chi connectivity index (χ4v) is 5.88. The molecule has 0 bridgehead atoms. The smallest absolute Gasteiger partial charge is 0.262 e. The number of anilines is 2. The fraction of sp³-hybridized carbons (Fsp3) is 0.0938. The molecule has 2 N–H and O–H groups in total. The minimum absolute atomic E-state index is 0.0933. The van der Waals surface area contributed by atoms with E-state index in [0.29, 0.717) is 26.6 Å². The van der Waals surface area contributed by atoms with E-state index in [4.69, 9.17) is 40.2 Å². The summed E-state index contributed by atoms with van der Waals surface area (Å²) < 4.78 is 7.61. The first-order chi connectivity index (χ1) is 20.5. The highest BCUT2D eigenvalue weighted by molar-refractivity contribution is 7.80. The number of benzene rings is 3. The van der Waals surface area contributed by atoms with E-state index in [1.165, 1.54) is 0 Å². The molecule has 1 aliphatic heterocycles. The number of amides is 1. The van der Waals surface area contributed by atoms with Crippen molar-refractivity contribution in [3.63, 3.8) is 0 Å². The third kappa shape index (κ3) is 5.83. The molecule has 0 unspecified atom stereocenters. The molecule has 3 aromatic carbocycles. The van der Waals surface area contributed by atoms with E-state index in [1.807, 2.05) is 89.6 Å². The number of nitrogens with one attached hydrogen (secondary N) is 2. The van der Waals surface area contributed by atoms with E-state index in [1.54, 1.807) is 24.4 Å². The van der Waals surface area contributed by atoms with Gasteiger partial charge in [-0.1, -0.05) is 47.5 Å². The normalized spacial score (nSPS) is 16.2. The summed E-state index contributed by atoms with van der Waals surface area (Å²) in [5, 5.41) is 8.02. The zero-order chi connectivity index (χ0) is 29.1. The van der Waals surface area contributed by atoms with Crippen LogP contribution in [0.15, 0.2) is 116 Å². The van der Waals surface area contributed by atoms with Gasteiger partial charge in [0.2, 0.25) is 0 Å². The summed E-state index contributed by atoms with van der Waals surface area (Å²) in [5.74, 6) is 0.381. The predicted octanol–water partition coefficient (Wildman–Crippen LogP) is 7.37. The second kappa shape index (κ2) is 12.2. The van der Waals surface area contributed by atoms with Gasteiger partial charge in [-0.2, -0.15) is 0 Å². The third-order valence-corrected chi connectivity index (χ3v) is 7.75. The molecular weight excluding hydrogens is 589 g/mol. The second-order valence-electron chi connectivity index (χ2n) is 9.59. The van der Waals surface area contributed by atoms with Gasteiger partial charge in [0.25, 0.3) is 5.91 Å². The molecule has 2 aromatic heterocycles. The minimum atomic E-state index is -0.270. The molecule has 6 rings (SSSR count). The number of halogens is 2. The number of carbonyl (C=O) groups excluding carboxylic acids is 1. The Balaban J connectivity index is 1.30. The van der Waals surface area contributed by atoms with E-state index in [2.05, 4.69) is 26.6 Å². The number of hydrogen-bond acceptors (Lipinski definition) is 4. The molecule has 1 fully saturated rings. The predicted molar refractivity (Wildman–Crippen MR) is 171 cm³/mol. The van der Waals surface area contributed by atoms with Gasteiger partial charge < -0.3 is 24.8 Å². The van der Waals surface area contributed by atoms with Gasteiger partial charge >= 0.3 is 0 Å². The summed E-state index contributed by atoms with van der Waals surface area (Å²) >= 11 is 18.7. The number of aromatic nitrogens is 2. The number of nitrogens with zero attached hydrogens (tertiary/aromatic N) is 3. The molecule has 2 atom stereocenters. The summed E-state index contributed by atoms with van der Waals surface area (Å²) in [5.41, 5.74) is 4.11. The number of pyridine rings is 1.